The quantitative estimate of drug-likeness (QED) is 0.675. The zero-order chi connectivity index (χ0) is 16.8. The van der Waals surface area contributed by atoms with Gasteiger partial charge in [-0.2, -0.15) is 0 Å². The van der Waals surface area contributed by atoms with Gasteiger partial charge in [0.1, 0.15) is 0 Å². The van der Waals surface area contributed by atoms with Crippen molar-refractivity contribution >= 4 is 17.2 Å². The van der Waals surface area contributed by atoms with Crippen molar-refractivity contribution in [3.05, 3.63) is 87.9 Å². The summed E-state index contributed by atoms with van der Waals surface area (Å²) in [6, 6.07) is 20.2. The zero-order valence-electron chi connectivity index (χ0n) is 13.7. The second-order valence-corrected chi connectivity index (χ2v) is 6.82. The molecule has 1 amide bonds. The molecule has 1 heterocycles. The standard InChI is InChI=1S/C20H20N2OS/c1-16-21-19(15-24-16)12-20(23)22(13-17-8-4-2-5-9-17)14-18-10-6-3-7-11-18/h2-11,15H,12-14H2,1H3. The van der Waals surface area contributed by atoms with Gasteiger partial charge < -0.3 is 4.90 Å². The van der Waals surface area contributed by atoms with E-state index in [9.17, 15) is 4.79 Å². The minimum atomic E-state index is 0.105. The van der Waals surface area contributed by atoms with E-state index in [1.807, 2.05) is 53.6 Å². The van der Waals surface area contributed by atoms with Gasteiger partial charge in [0.25, 0.3) is 0 Å². The van der Waals surface area contributed by atoms with E-state index in [4.69, 9.17) is 0 Å². The van der Waals surface area contributed by atoms with E-state index < -0.39 is 0 Å². The number of hydrogen-bond acceptors (Lipinski definition) is 3. The van der Waals surface area contributed by atoms with Gasteiger partial charge >= 0.3 is 0 Å². The topological polar surface area (TPSA) is 33.2 Å². The maximum Gasteiger partial charge on any atom is 0.229 e. The van der Waals surface area contributed by atoms with E-state index in [-0.39, 0.29) is 5.91 Å². The summed E-state index contributed by atoms with van der Waals surface area (Å²) in [5, 5.41) is 2.96. The van der Waals surface area contributed by atoms with E-state index in [0.717, 1.165) is 21.8 Å². The number of aromatic nitrogens is 1. The molecule has 0 N–H and O–H groups in total. The minimum absolute atomic E-state index is 0.105. The van der Waals surface area contributed by atoms with Gasteiger partial charge in [-0.25, -0.2) is 4.98 Å². The van der Waals surface area contributed by atoms with Gasteiger partial charge in [0, 0.05) is 18.5 Å². The van der Waals surface area contributed by atoms with Crippen molar-refractivity contribution < 1.29 is 4.79 Å². The molecule has 0 aliphatic heterocycles. The Hall–Kier alpha value is -2.46. The van der Waals surface area contributed by atoms with Crippen LogP contribution < -0.4 is 0 Å². The molecule has 24 heavy (non-hydrogen) atoms. The van der Waals surface area contributed by atoms with Crippen LogP contribution in [0.25, 0.3) is 0 Å². The highest BCUT2D eigenvalue weighted by Crippen LogP contribution is 2.14. The minimum Gasteiger partial charge on any atom is -0.334 e. The molecule has 3 nitrogen and oxygen atoms in total. The Morgan fingerprint density at radius 1 is 0.958 bits per heavy atom. The van der Waals surface area contributed by atoms with Gasteiger partial charge in [0.2, 0.25) is 5.91 Å². The summed E-state index contributed by atoms with van der Waals surface area (Å²) in [7, 11) is 0. The molecule has 0 saturated heterocycles. The van der Waals surface area contributed by atoms with E-state index in [2.05, 4.69) is 29.2 Å². The fraction of sp³-hybridized carbons (Fsp3) is 0.200. The van der Waals surface area contributed by atoms with E-state index in [0.29, 0.717) is 19.5 Å². The molecule has 122 valence electrons. The maximum absolute atomic E-state index is 12.8. The molecular formula is C20H20N2OS. The van der Waals surface area contributed by atoms with Gasteiger partial charge in [-0.05, 0) is 18.1 Å². The molecule has 0 fully saturated rings. The van der Waals surface area contributed by atoms with E-state index in [1.165, 1.54) is 0 Å². The summed E-state index contributed by atoms with van der Waals surface area (Å²) in [4.78, 5) is 19.1. The lowest BCUT2D eigenvalue weighted by Gasteiger charge is -2.23. The van der Waals surface area contributed by atoms with Crippen molar-refractivity contribution in [1.82, 2.24) is 9.88 Å². The lowest BCUT2D eigenvalue weighted by atomic mass is 10.1. The van der Waals surface area contributed by atoms with Crippen LogP contribution in [-0.4, -0.2) is 15.8 Å². The van der Waals surface area contributed by atoms with Crippen molar-refractivity contribution in [2.45, 2.75) is 26.4 Å². The largest absolute Gasteiger partial charge is 0.334 e. The number of thiazole rings is 1. The highest BCUT2D eigenvalue weighted by molar-refractivity contribution is 7.09. The zero-order valence-corrected chi connectivity index (χ0v) is 14.5. The third-order valence-electron chi connectivity index (χ3n) is 3.78. The highest BCUT2D eigenvalue weighted by atomic mass is 32.1. The fourth-order valence-corrected chi connectivity index (χ4v) is 3.21. The number of carbonyl (C=O) groups is 1. The molecule has 0 saturated carbocycles. The number of benzene rings is 2. The Kier molecular flexibility index (Phi) is 5.39. The molecule has 0 atom stereocenters. The molecule has 1 aromatic heterocycles. The molecule has 3 rings (SSSR count). The average Bonchev–Trinajstić information content (AvgIpc) is 3.01. The molecule has 2 aromatic carbocycles. The van der Waals surface area contributed by atoms with E-state index >= 15 is 0 Å². The maximum atomic E-state index is 12.8. The monoisotopic (exact) mass is 336 g/mol. The van der Waals surface area contributed by atoms with Crippen LogP contribution in [0.4, 0.5) is 0 Å². The Labute approximate surface area is 146 Å². The Morgan fingerprint density at radius 2 is 1.50 bits per heavy atom. The van der Waals surface area contributed by atoms with Gasteiger partial charge in [-0.3, -0.25) is 4.79 Å². The van der Waals surface area contributed by atoms with Crippen LogP contribution in [-0.2, 0) is 24.3 Å². The average molecular weight is 336 g/mol. The molecule has 0 unspecified atom stereocenters. The van der Waals surface area contributed by atoms with Crippen molar-refractivity contribution in [3.63, 3.8) is 0 Å². The fourth-order valence-electron chi connectivity index (χ4n) is 2.60. The molecule has 3 aromatic rings. The van der Waals surface area contributed by atoms with Crippen LogP contribution in [0.3, 0.4) is 0 Å². The number of aryl methyl sites for hydroxylation is 1. The summed E-state index contributed by atoms with van der Waals surface area (Å²) in [5.74, 6) is 0.105. The van der Waals surface area contributed by atoms with Crippen molar-refractivity contribution in [3.8, 4) is 0 Å². The first-order valence-corrected chi connectivity index (χ1v) is 8.85. The van der Waals surface area contributed by atoms with Gasteiger partial charge in [-0.1, -0.05) is 60.7 Å². The second-order valence-electron chi connectivity index (χ2n) is 5.76. The predicted molar refractivity (Wildman–Crippen MR) is 97.7 cm³/mol. The molecule has 4 heteroatoms. The Morgan fingerprint density at radius 3 is 1.96 bits per heavy atom. The summed E-state index contributed by atoms with van der Waals surface area (Å²) >= 11 is 1.58. The smallest absolute Gasteiger partial charge is 0.229 e. The van der Waals surface area contributed by atoms with Crippen LogP contribution in [0.1, 0.15) is 21.8 Å². The molecule has 0 radical (unpaired) electrons. The first-order valence-electron chi connectivity index (χ1n) is 7.97. The van der Waals surface area contributed by atoms with Crippen LogP contribution >= 0.6 is 11.3 Å². The van der Waals surface area contributed by atoms with Crippen LogP contribution in [0.5, 0.6) is 0 Å². The number of nitrogens with zero attached hydrogens (tertiary/aromatic N) is 2. The van der Waals surface area contributed by atoms with Gasteiger partial charge in [-0.15, -0.1) is 11.3 Å². The van der Waals surface area contributed by atoms with Crippen molar-refractivity contribution in [2.75, 3.05) is 0 Å². The summed E-state index contributed by atoms with van der Waals surface area (Å²) in [6.45, 7) is 3.18. The normalized spacial score (nSPS) is 10.5. The molecule has 0 spiro atoms. The van der Waals surface area contributed by atoms with Crippen molar-refractivity contribution in [1.29, 1.82) is 0 Å². The third-order valence-corrected chi connectivity index (χ3v) is 4.61. The van der Waals surface area contributed by atoms with Gasteiger partial charge in [0.05, 0.1) is 17.1 Å². The highest BCUT2D eigenvalue weighted by Gasteiger charge is 2.16. The first kappa shape index (κ1) is 16.4. The Balaban J connectivity index is 1.76. The lowest BCUT2D eigenvalue weighted by Crippen LogP contribution is -2.31. The number of rotatable bonds is 6. The lowest BCUT2D eigenvalue weighted by molar-refractivity contribution is -0.131. The van der Waals surface area contributed by atoms with Crippen LogP contribution in [0.15, 0.2) is 66.0 Å². The summed E-state index contributed by atoms with van der Waals surface area (Å²) in [5.41, 5.74) is 3.13. The Bertz CT molecular complexity index is 742. The number of carbonyl (C=O) groups excluding carboxylic acids is 1. The SMILES string of the molecule is Cc1nc(CC(=O)N(Cc2ccccc2)Cc2ccccc2)cs1. The number of hydrogen-bond donors (Lipinski definition) is 0. The van der Waals surface area contributed by atoms with Crippen molar-refractivity contribution in [2.24, 2.45) is 0 Å². The van der Waals surface area contributed by atoms with Gasteiger partial charge in [0.15, 0.2) is 0 Å². The molecule has 0 bridgehead atoms. The summed E-state index contributed by atoms with van der Waals surface area (Å²) < 4.78 is 0. The molecule has 0 aliphatic rings. The predicted octanol–water partition coefficient (Wildman–Crippen LogP) is 4.22. The molecule has 0 aliphatic carbocycles. The third kappa shape index (κ3) is 4.52. The number of amides is 1. The summed E-state index contributed by atoms with van der Waals surface area (Å²) in [6.07, 6.45) is 0.351. The second kappa shape index (κ2) is 7.88. The van der Waals surface area contributed by atoms with E-state index in [1.54, 1.807) is 11.3 Å². The van der Waals surface area contributed by atoms with Crippen LogP contribution in [0.2, 0.25) is 0 Å². The van der Waals surface area contributed by atoms with Crippen LogP contribution in [0, 0.1) is 6.92 Å². The molecular weight excluding hydrogens is 316 g/mol. The first-order chi connectivity index (χ1) is 11.7.